The van der Waals surface area contributed by atoms with Crippen LogP contribution in [0.3, 0.4) is 0 Å². The number of hydrogen-bond acceptors (Lipinski definition) is 1. The molecule has 0 heterocycles. The predicted molar refractivity (Wildman–Crippen MR) is 110 cm³/mol. The Hall–Kier alpha value is -2.74. The molecule has 0 unspecified atom stereocenters. The first-order valence-electron chi connectivity index (χ1n) is 9.33. The van der Waals surface area contributed by atoms with Crippen LogP contribution in [-0.2, 0) is 15.9 Å². The minimum atomic E-state index is -0.102. The molecule has 27 heavy (non-hydrogen) atoms. The molecule has 139 valence electrons. The van der Waals surface area contributed by atoms with E-state index in [0.717, 1.165) is 5.56 Å². The zero-order valence-electron chi connectivity index (χ0n) is 16.7. The predicted octanol–water partition coefficient (Wildman–Crippen LogP) is 7.25. The minimum absolute atomic E-state index is 0.0324. The Labute approximate surface area is 162 Å². The lowest BCUT2D eigenvalue weighted by Gasteiger charge is -2.26. The molecular formula is C25H27O2. The van der Waals surface area contributed by atoms with E-state index >= 15 is 0 Å². The summed E-state index contributed by atoms with van der Waals surface area (Å²) in [5.41, 5.74) is 3.41. The lowest BCUT2D eigenvalue weighted by atomic mass is 9.78. The monoisotopic (exact) mass is 359 g/mol. The summed E-state index contributed by atoms with van der Waals surface area (Å²) >= 11 is 0. The average Bonchev–Trinajstić information content (AvgIpc) is 2.64. The van der Waals surface area contributed by atoms with E-state index in [2.05, 4.69) is 71.0 Å². The Bertz CT molecular complexity index is 901. The third-order valence-corrected chi connectivity index (χ3v) is 5.11. The first-order chi connectivity index (χ1) is 12.7. The summed E-state index contributed by atoms with van der Waals surface area (Å²) in [6, 6.07) is 23.8. The summed E-state index contributed by atoms with van der Waals surface area (Å²) in [4.78, 5) is 0. The summed E-state index contributed by atoms with van der Waals surface area (Å²) in [5.74, 6) is 0.944. The van der Waals surface area contributed by atoms with Crippen LogP contribution in [0.15, 0.2) is 72.8 Å². The highest BCUT2D eigenvalue weighted by atomic mass is 16.5. The fourth-order valence-electron chi connectivity index (χ4n) is 3.14. The fourth-order valence-corrected chi connectivity index (χ4v) is 3.14. The molecule has 1 radical (unpaired) electrons. The third-order valence-electron chi connectivity index (χ3n) is 5.11. The third kappa shape index (κ3) is 4.16. The molecule has 0 spiro atoms. The lowest BCUT2D eigenvalue weighted by Crippen LogP contribution is -2.18. The lowest BCUT2D eigenvalue weighted by molar-refractivity contribution is 0.328. The Morgan fingerprint density at radius 3 is 1.81 bits per heavy atom. The molecule has 3 aromatic carbocycles. The molecular weight excluding hydrogens is 332 g/mol. The van der Waals surface area contributed by atoms with Crippen molar-refractivity contribution in [3.8, 4) is 17.2 Å². The summed E-state index contributed by atoms with van der Waals surface area (Å²) in [7, 11) is 0. The molecule has 0 fully saturated rings. The zero-order chi connectivity index (χ0) is 19.7. The van der Waals surface area contributed by atoms with Gasteiger partial charge >= 0.3 is 0 Å². The molecule has 3 aromatic rings. The van der Waals surface area contributed by atoms with Crippen LogP contribution in [0.2, 0.25) is 0 Å². The van der Waals surface area contributed by atoms with Crippen LogP contribution in [-0.4, -0.2) is 0 Å². The number of benzene rings is 3. The van der Waals surface area contributed by atoms with Gasteiger partial charge in [-0.2, -0.15) is 0 Å². The SMILES string of the molecule is CC(C)(C)c1ccc([O])c(Oc2ccc(C(C)(C)c3ccccc3)cc2)c1. The minimum Gasteiger partial charge on any atom is -0.453 e. The van der Waals surface area contributed by atoms with Gasteiger partial charge in [0.1, 0.15) is 5.75 Å². The molecule has 0 aliphatic heterocycles. The van der Waals surface area contributed by atoms with Crippen LogP contribution in [0.25, 0.3) is 0 Å². The van der Waals surface area contributed by atoms with Crippen LogP contribution in [0.1, 0.15) is 51.3 Å². The highest BCUT2D eigenvalue weighted by molar-refractivity contribution is 5.47. The first-order valence-corrected chi connectivity index (χ1v) is 9.33. The van der Waals surface area contributed by atoms with Crippen molar-refractivity contribution in [2.75, 3.05) is 0 Å². The molecule has 0 aliphatic carbocycles. The van der Waals surface area contributed by atoms with Gasteiger partial charge in [-0.3, -0.25) is 5.11 Å². The molecule has 0 aliphatic rings. The van der Waals surface area contributed by atoms with Crippen LogP contribution in [0.5, 0.6) is 17.2 Å². The Morgan fingerprint density at radius 1 is 0.667 bits per heavy atom. The average molecular weight is 359 g/mol. The molecule has 0 amide bonds. The van der Waals surface area contributed by atoms with Gasteiger partial charge in [0.2, 0.25) is 5.75 Å². The van der Waals surface area contributed by atoms with E-state index in [1.54, 1.807) is 6.07 Å². The number of ether oxygens (including phenoxy) is 1. The quantitative estimate of drug-likeness (QED) is 0.482. The molecule has 2 nitrogen and oxygen atoms in total. The first kappa shape index (κ1) is 19.0. The number of rotatable bonds is 4. The van der Waals surface area contributed by atoms with Gasteiger partial charge < -0.3 is 4.74 Å². The second kappa shape index (κ2) is 7.11. The fraction of sp³-hybridized carbons (Fsp3) is 0.280. The molecule has 0 N–H and O–H groups in total. The van der Waals surface area contributed by atoms with Crippen molar-refractivity contribution in [1.29, 1.82) is 0 Å². The van der Waals surface area contributed by atoms with Gasteiger partial charge in [0.15, 0.2) is 5.75 Å². The largest absolute Gasteiger partial charge is 0.453 e. The van der Waals surface area contributed by atoms with Crippen LogP contribution < -0.4 is 4.74 Å². The van der Waals surface area contributed by atoms with Crippen molar-refractivity contribution in [3.63, 3.8) is 0 Å². The Kier molecular flexibility index (Phi) is 5.01. The summed E-state index contributed by atoms with van der Waals surface area (Å²) in [6.07, 6.45) is 0. The highest BCUT2D eigenvalue weighted by Crippen LogP contribution is 2.37. The van der Waals surface area contributed by atoms with E-state index in [1.165, 1.54) is 11.1 Å². The molecule has 3 rings (SSSR count). The van der Waals surface area contributed by atoms with E-state index in [9.17, 15) is 5.11 Å². The van der Waals surface area contributed by atoms with Crippen molar-refractivity contribution < 1.29 is 9.84 Å². The summed E-state index contributed by atoms with van der Waals surface area (Å²) < 4.78 is 5.91. The van der Waals surface area contributed by atoms with E-state index in [4.69, 9.17) is 4.74 Å². The van der Waals surface area contributed by atoms with Gasteiger partial charge in [0, 0.05) is 5.41 Å². The molecule has 0 saturated heterocycles. The van der Waals surface area contributed by atoms with Gasteiger partial charge in [-0.25, -0.2) is 0 Å². The Balaban J connectivity index is 1.85. The van der Waals surface area contributed by atoms with Crippen LogP contribution in [0, 0.1) is 0 Å². The van der Waals surface area contributed by atoms with Gasteiger partial charge in [-0.15, -0.1) is 0 Å². The highest BCUT2D eigenvalue weighted by Gasteiger charge is 2.23. The maximum Gasteiger partial charge on any atom is 0.221 e. The second-order valence-electron chi connectivity index (χ2n) is 8.53. The summed E-state index contributed by atoms with van der Waals surface area (Å²) in [5, 5.41) is 12.2. The van der Waals surface area contributed by atoms with Crippen molar-refractivity contribution in [3.05, 3.63) is 89.5 Å². The van der Waals surface area contributed by atoms with Crippen molar-refractivity contribution in [2.24, 2.45) is 0 Å². The van der Waals surface area contributed by atoms with Crippen molar-refractivity contribution >= 4 is 0 Å². The van der Waals surface area contributed by atoms with Crippen molar-refractivity contribution in [2.45, 2.75) is 45.4 Å². The second-order valence-corrected chi connectivity index (χ2v) is 8.53. The van der Waals surface area contributed by atoms with Gasteiger partial charge in [0.05, 0.1) is 0 Å². The number of hydrogen-bond donors (Lipinski definition) is 0. The van der Waals surface area contributed by atoms with Gasteiger partial charge in [-0.1, -0.05) is 83.1 Å². The molecule has 0 atom stereocenters. The maximum atomic E-state index is 12.2. The smallest absolute Gasteiger partial charge is 0.221 e. The van der Waals surface area contributed by atoms with E-state index < -0.39 is 0 Å². The molecule has 0 aromatic heterocycles. The van der Waals surface area contributed by atoms with Crippen LogP contribution in [0.4, 0.5) is 0 Å². The summed E-state index contributed by atoms with van der Waals surface area (Å²) in [6.45, 7) is 10.8. The normalized spacial score (nSPS) is 12.0. The van der Waals surface area contributed by atoms with Crippen LogP contribution >= 0.6 is 0 Å². The zero-order valence-corrected chi connectivity index (χ0v) is 16.7. The molecule has 0 saturated carbocycles. The molecule has 0 bridgehead atoms. The van der Waals surface area contributed by atoms with Gasteiger partial charge in [-0.05, 0) is 46.4 Å². The molecule has 2 heteroatoms. The Morgan fingerprint density at radius 2 is 1.22 bits per heavy atom. The topological polar surface area (TPSA) is 29.1 Å². The van der Waals surface area contributed by atoms with Gasteiger partial charge in [0.25, 0.3) is 0 Å². The van der Waals surface area contributed by atoms with Crippen molar-refractivity contribution in [1.82, 2.24) is 0 Å². The maximum absolute atomic E-state index is 12.2. The standard InChI is InChI=1S/C25H27O2/c1-24(2,3)20-13-16-22(26)23(17-20)27-21-14-11-19(12-15-21)25(4,5)18-9-7-6-8-10-18/h6-17H,1-5H3. The van der Waals surface area contributed by atoms with E-state index in [-0.39, 0.29) is 16.6 Å². The van der Waals surface area contributed by atoms with E-state index in [0.29, 0.717) is 11.5 Å². The van der Waals surface area contributed by atoms with E-state index in [1.807, 2.05) is 30.3 Å².